The lowest BCUT2D eigenvalue weighted by Gasteiger charge is -2.11. The van der Waals surface area contributed by atoms with Gasteiger partial charge in [0.05, 0.1) is 5.02 Å². The van der Waals surface area contributed by atoms with Crippen molar-refractivity contribution in [2.45, 2.75) is 32.7 Å². The molecule has 0 aliphatic rings. The van der Waals surface area contributed by atoms with Crippen LogP contribution in [0.4, 0.5) is 4.39 Å². The summed E-state index contributed by atoms with van der Waals surface area (Å²) in [6, 6.07) is 4.68. The summed E-state index contributed by atoms with van der Waals surface area (Å²) >= 11 is 5.79. The lowest BCUT2D eigenvalue weighted by Crippen LogP contribution is -2.28. The highest BCUT2D eigenvalue weighted by Gasteiger charge is 2.12. The number of hydrogen-bond donors (Lipinski definition) is 1. The van der Waals surface area contributed by atoms with Gasteiger partial charge in [-0.1, -0.05) is 30.7 Å². The summed E-state index contributed by atoms with van der Waals surface area (Å²) in [5.74, 6) is -0.414. The van der Waals surface area contributed by atoms with Crippen molar-refractivity contribution >= 4 is 17.4 Å². The molecule has 0 aliphatic heterocycles. The van der Waals surface area contributed by atoms with Crippen LogP contribution in [0.3, 0.4) is 0 Å². The predicted octanol–water partition coefficient (Wildman–Crippen LogP) is 2.98. The third-order valence-electron chi connectivity index (χ3n) is 2.51. The van der Waals surface area contributed by atoms with E-state index in [1.165, 1.54) is 6.07 Å². The molecule has 0 spiro atoms. The van der Waals surface area contributed by atoms with Crippen LogP contribution < -0.4 is 5.32 Å². The van der Waals surface area contributed by atoms with Crippen LogP contribution in [-0.2, 0) is 11.2 Å². The van der Waals surface area contributed by atoms with Crippen molar-refractivity contribution in [2.75, 3.05) is 6.54 Å². The molecule has 17 heavy (non-hydrogen) atoms. The van der Waals surface area contributed by atoms with Crippen LogP contribution in [0.25, 0.3) is 0 Å². The summed E-state index contributed by atoms with van der Waals surface area (Å²) in [5.41, 5.74) is 0.556. The van der Waals surface area contributed by atoms with Gasteiger partial charge in [0.25, 0.3) is 0 Å². The number of ketones is 1. The van der Waals surface area contributed by atoms with Gasteiger partial charge in [0, 0.05) is 18.9 Å². The fourth-order valence-corrected chi connectivity index (χ4v) is 1.92. The predicted molar refractivity (Wildman–Crippen MR) is 67.9 cm³/mol. The average molecular weight is 258 g/mol. The largest absolute Gasteiger partial charge is 0.314 e. The van der Waals surface area contributed by atoms with Crippen molar-refractivity contribution in [1.29, 1.82) is 0 Å². The molecule has 0 amide bonds. The van der Waals surface area contributed by atoms with Crippen molar-refractivity contribution in [2.24, 2.45) is 0 Å². The highest BCUT2D eigenvalue weighted by Crippen LogP contribution is 2.20. The molecule has 94 valence electrons. The molecule has 0 saturated heterocycles. The third kappa shape index (κ3) is 4.44. The van der Waals surface area contributed by atoms with E-state index in [0.717, 1.165) is 6.54 Å². The summed E-state index contributed by atoms with van der Waals surface area (Å²) in [7, 11) is 0. The van der Waals surface area contributed by atoms with E-state index in [9.17, 15) is 9.18 Å². The van der Waals surface area contributed by atoms with E-state index in [-0.39, 0.29) is 23.3 Å². The van der Waals surface area contributed by atoms with Crippen LogP contribution in [-0.4, -0.2) is 18.4 Å². The van der Waals surface area contributed by atoms with E-state index in [0.29, 0.717) is 12.0 Å². The maximum absolute atomic E-state index is 13.2. The first-order chi connectivity index (χ1) is 8.04. The smallest absolute Gasteiger partial charge is 0.142 e. The number of hydrogen-bond acceptors (Lipinski definition) is 2. The quantitative estimate of drug-likeness (QED) is 0.849. The normalized spacial score (nSPS) is 12.5. The molecule has 0 aromatic heterocycles. The number of halogens is 2. The number of Topliss-reactive ketones (excluding diaryl/α,β-unsaturated/α-hetero) is 1. The Morgan fingerprint density at radius 3 is 2.88 bits per heavy atom. The Hall–Kier alpha value is -0.930. The van der Waals surface area contributed by atoms with Crippen molar-refractivity contribution < 1.29 is 9.18 Å². The van der Waals surface area contributed by atoms with Gasteiger partial charge in [0.2, 0.25) is 0 Å². The summed E-state index contributed by atoms with van der Waals surface area (Å²) in [5, 5.41) is 3.21. The van der Waals surface area contributed by atoms with Crippen LogP contribution in [0, 0.1) is 5.82 Å². The summed E-state index contributed by atoms with van der Waals surface area (Å²) in [6.07, 6.45) is 0.618. The molecular formula is C13H17ClFNO. The standard InChI is InChI=1S/C13H17ClFNO/c1-3-16-9(2)7-11(17)8-10-5-4-6-12(15)13(10)14/h4-6,9,16H,3,7-8H2,1-2H3. The highest BCUT2D eigenvalue weighted by atomic mass is 35.5. The zero-order valence-corrected chi connectivity index (χ0v) is 10.9. The van der Waals surface area contributed by atoms with Gasteiger partial charge in [0.15, 0.2) is 0 Å². The van der Waals surface area contributed by atoms with Crippen molar-refractivity contribution in [1.82, 2.24) is 5.32 Å². The molecule has 0 radical (unpaired) electrons. The second-order valence-electron chi connectivity index (χ2n) is 4.09. The first-order valence-corrected chi connectivity index (χ1v) is 6.10. The summed E-state index contributed by atoms with van der Waals surface area (Å²) in [4.78, 5) is 11.7. The Balaban J connectivity index is 2.59. The minimum atomic E-state index is -0.475. The molecule has 1 atom stereocenters. The first-order valence-electron chi connectivity index (χ1n) is 5.72. The third-order valence-corrected chi connectivity index (χ3v) is 2.93. The fraction of sp³-hybridized carbons (Fsp3) is 0.462. The molecule has 4 heteroatoms. The molecule has 1 aromatic rings. The van der Waals surface area contributed by atoms with Gasteiger partial charge < -0.3 is 5.32 Å². The Kier molecular flexibility index (Phi) is 5.59. The maximum atomic E-state index is 13.2. The maximum Gasteiger partial charge on any atom is 0.142 e. The molecule has 1 unspecified atom stereocenters. The van der Waals surface area contributed by atoms with Gasteiger partial charge in [-0.05, 0) is 25.1 Å². The average Bonchev–Trinajstić information content (AvgIpc) is 2.25. The minimum absolute atomic E-state index is 0.0527. The highest BCUT2D eigenvalue weighted by molar-refractivity contribution is 6.31. The van der Waals surface area contributed by atoms with E-state index in [2.05, 4.69) is 5.32 Å². The van der Waals surface area contributed by atoms with E-state index in [4.69, 9.17) is 11.6 Å². The Bertz CT molecular complexity index is 395. The molecule has 0 aliphatic carbocycles. The van der Waals surface area contributed by atoms with Crippen LogP contribution in [0.5, 0.6) is 0 Å². The Labute approximate surface area is 106 Å². The minimum Gasteiger partial charge on any atom is -0.314 e. The summed E-state index contributed by atoms with van der Waals surface area (Å²) in [6.45, 7) is 4.77. The van der Waals surface area contributed by atoms with Gasteiger partial charge in [-0.2, -0.15) is 0 Å². The second kappa shape index (κ2) is 6.72. The van der Waals surface area contributed by atoms with Gasteiger partial charge in [-0.3, -0.25) is 4.79 Å². The van der Waals surface area contributed by atoms with E-state index >= 15 is 0 Å². The zero-order chi connectivity index (χ0) is 12.8. The van der Waals surface area contributed by atoms with Crippen LogP contribution in [0.2, 0.25) is 5.02 Å². The SMILES string of the molecule is CCNC(C)CC(=O)Cc1cccc(F)c1Cl. The molecule has 1 aromatic carbocycles. The summed E-state index contributed by atoms with van der Waals surface area (Å²) < 4.78 is 13.2. The van der Waals surface area contributed by atoms with Crippen molar-refractivity contribution in [3.8, 4) is 0 Å². The second-order valence-corrected chi connectivity index (χ2v) is 4.47. The van der Waals surface area contributed by atoms with Crippen LogP contribution >= 0.6 is 11.6 Å². The molecule has 0 fully saturated rings. The first kappa shape index (κ1) is 14.1. The van der Waals surface area contributed by atoms with Gasteiger partial charge in [0.1, 0.15) is 11.6 Å². The van der Waals surface area contributed by atoms with Crippen molar-refractivity contribution in [3.63, 3.8) is 0 Å². The zero-order valence-electron chi connectivity index (χ0n) is 10.1. The Morgan fingerprint density at radius 2 is 2.24 bits per heavy atom. The number of nitrogens with one attached hydrogen (secondary N) is 1. The van der Waals surface area contributed by atoms with Crippen LogP contribution in [0.15, 0.2) is 18.2 Å². The molecule has 2 nitrogen and oxygen atoms in total. The number of carbonyl (C=O) groups is 1. The van der Waals surface area contributed by atoms with E-state index < -0.39 is 5.82 Å². The van der Waals surface area contributed by atoms with E-state index in [1.807, 2.05) is 13.8 Å². The number of benzene rings is 1. The molecule has 1 N–H and O–H groups in total. The molecule has 0 saturated carbocycles. The van der Waals surface area contributed by atoms with Gasteiger partial charge >= 0.3 is 0 Å². The van der Waals surface area contributed by atoms with Gasteiger partial charge in [-0.25, -0.2) is 4.39 Å². The van der Waals surface area contributed by atoms with Gasteiger partial charge in [-0.15, -0.1) is 0 Å². The lowest BCUT2D eigenvalue weighted by molar-refractivity contribution is -0.118. The molecule has 1 rings (SSSR count). The molecular weight excluding hydrogens is 241 g/mol. The number of carbonyl (C=O) groups excluding carboxylic acids is 1. The lowest BCUT2D eigenvalue weighted by atomic mass is 10.0. The monoisotopic (exact) mass is 257 g/mol. The Morgan fingerprint density at radius 1 is 1.53 bits per heavy atom. The fourth-order valence-electron chi connectivity index (χ4n) is 1.73. The number of rotatable bonds is 6. The topological polar surface area (TPSA) is 29.1 Å². The molecule has 0 bridgehead atoms. The van der Waals surface area contributed by atoms with Crippen LogP contribution in [0.1, 0.15) is 25.8 Å². The molecule has 0 heterocycles. The van der Waals surface area contributed by atoms with E-state index in [1.54, 1.807) is 12.1 Å². The van der Waals surface area contributed by atoms with Crippen molar-refractivity contribution in [3.05, 3.63) is 34.6 Å².